The van der Waals surface area contributed by atoms with Gasteiger partial charge in [-0.05, 0) is 41.8 Å². The van der Waals surface area contributed by atoms with Crippen LogP contribution in [0.3, 0.4) is 0 Å². The number of carbonyl (C=O) groups excluding carboxylic acids is 1. The molecule has 0 aliphatic rings. The van der Waals surface area contributed by atoms with Crippen LogP contribution in [-0.2, 0) is 11.2 Å². The second kappa shape index (κ2) is 8.78. The number of hydrogen-bond donors (Lipinski definition) is 1. The molecule has 2 aromatic carbocycles. The summed E-state index contributed by atoms with van der Waals surface area (Å²) >= 11 is 0. The van der Waals surface area contributed by atoms with Gasteiger partial charge in [0.05, 0.1) is 21.3 Å². The zero-order valence-corrected chi connectivity index (χ0v) is 15.0. The van der Waals surface area contributed by atoms with E-state index >= 15 is 0 Å². The molecule has 0 bridgehead atoms. The Bertz CT molecular complexity index is 743. The van der Waals surface area contributed by atoms with Gasteiger partial charge in [0, 0.05) is 11.8 Å². The van der Waals surface area contributed by atoms with Gasteiger partial charge in [-0.3, -0.25) is 4.79 Å². The number of nitrogens with one attached hydrogen (secondary N) is 1. The highest BCUT2D eigenvalue weighted by Crippen LogP contribution is 2.38. The van der Waals surface area contributed by atoms with Gasteiger partial charge in [0.2, 0.25) is 11.7 Å². The third kappa shape index (κ3) is 4.53. The molecule has 25 heavy (non-hydrogen) atoms. The monoisotopic (exact) mass is 341 g/mol. The number of carbonyl (C=O) groups is 1. The fourth-order valence-corrected chi connectivity index (χ4v) is 2.49. The topological polar surface area (TPSA) is 56.8 Å². The maximum absolute atomic E-state index is 12.2. The minimum Gasteiger partial charge on any atom is -0.493 e. The van der Waals surface area contributed by atoms with Crippen molar-refractivity contribution in [2.45, 2.75) is 13.3 Å². The zero-order valence-electron chi connectivity index (χ0n) is 15.0. The second-order valence-corrected chi connectivity index (χ2v) is 5.29. The van der Waals surface area contributed by atoms with Crippen LogP contribution < -0.4 is 19.5 Å². The van der Waals surface area contributed by atoms with E-state index in [1.54, 1.807) is 39.5 Å². The third-order valence-electron chi connectivity index (χ3n) is 3.77. The number of rotatable bonds is 7. The Morgan fingerprint density at radius 1 is 1.04 bits per heavy atom. The average molecular weight is 341 g/mol. The molecule has 2 aromatic rings. The molecule has 0 unspecified atom stereocenters. The van der Waals surface area contributed by atoms with Crippen molar-refractivity contribution in [3.05, 3.63) is 53.6 Å². The number of amides is 1. The molecule has 0 radical (unpaired) electrons. The number of benzene rings is 2. The number of methoxy groups -OCH3 is 3. The molecule has 0 fully saturated rings. The van der Waals surface area contributed by atoms with Crippen molar-refractivity contribution in [2.24, 2.45) is 0 Å². The molecule has 0 saturated carbocycles. The van der Waals surface area contributed by atoms with E-state index in [0.29, 0.717) is 17.2 Å². The van der Waals surface area contributed by atoms with E-state index in [9.17, 15) is 4.79 Å². The van der Waals surface area contributed by atoms with Crippen molar-refractivity contribution >= 4 is 17.7 Å². The average Bonchev–Trinajstić information content (AvgIpc) is 2.65. The van der Waals surface area contributed by atoms with E-state index in [2.05, 4.69) is 12.2 Å². The molecular weight excluding hydrogens is 318 g/mol. The molecule has 1 amide bonds. The Kier molecular flexibility index (Phi) is 6.46. The maximum atomic E-state index is 12.2. The lowest BCUT2D eigenvalue weighted by atomic mass is 10.1. The summed E-state index contributed by atoms with van der Waals surface area (Å²) < 4.78 is 15.9. The first-order valence-corrected chi connectivity index (χ1v) is 7.99. The van der Waals surface area contributed by atoms with E-state index in [0.717, 1.165) is 23.2 Å². The Morgan fingerprint density at radius 2 is 1.68 bits per heavy atom. The Hall–Kier alpha value is -2.95. The first-order valence-electron chi connectivity index (χ1n) is 7.99. The second-order valence-electron chi connectivity index (χ2n) is 5.29. The van der Waals surface area contributed by atoms with Gasteiger partial charge in [-0.2, -0.15) is 0 Å². The van der Waals surface area contributed by atoms with Crippen molar-refractivity contribution in [3.8, 4) is 17.2 Å². The lowest BCUT2D eigenvalue weighted by Crippen LogP contribution is -2.09. The van der Waals surface area contributed by atoms with E-state index in [-0.39, 0.29) is 5.91 Å². The quantitative estimate of drug-likeness (QED) is 0.775. The largest absolute Gasteiger partial charge is 0.493 e. The fraction of sp³-hybridized carbons (Fsp3) is 0.250. The summed E-state index contributed by atoms with van der Waals surface area (Å²) in [6.07, 6.45) is 4.04. The summed E-state index contributed by atoms with van der Waals surface area (Å²) in [5.41, 5.74) is 2.69. The number of para-hydroxylation sites is 1. The zero-order chi connectivity index (χ0) is 18.2. The van der Waals surface area contributed by atoms with Gasteiger partial charge in [0.15, 0.2) is 11.5 Å². The van der Waals surface area contributed by atoms with Gasteiger partial charge < -0.3 is 19.5 Å². The van der Waals surface area contributed by atoms with Crippen LogP contribution in [0.5, 0.6) is 17.2 Å². The predicted molar refractivity (Wildman–Crippen MR) is 99.6 cm³/mol. The highest BCUT2D eigenvalue weighted by molar-refractivity contribution is 6.02. The van der Waals surface area contributed by atoms with Crippen LogP contribution in [-0.4, -0.2) is 27.2 Å². The molecule has 0 atom stereocenters. The Balaban J connectivity index is 2.19. The number of ether oxygens (including phenoxy) is 3. The molecule has 0 aromatic heterocycles. The van der Waals surface area contributed by atoms with Crippen LogP contribution in [0.15, 0.2) is 42.5 Å². The number of hydrogen-bond acceptors (Lipinski definition) is 4. The highest BCUT2D eigenvalue weighted by Gasteiger charge is 2.12. The first kappa shape index (κ1) is 18.4. The standard InChI is InChI=1S/C20H23NO4/c1-5-15-8-6-7-9-16(15)21-19(22)11-10-14-12-17(23-2)20(25-4)18(13-14)24-3/h6-13H,5H2,1-4H3,(H,21,22)/b11-10+. The van der Waals surface area contributed by atoms with Gasteiger partial charge in [0.1, 0.15) is 0 Å². The van der Waals surface area contributed by atoms with E-state index in [4.69, 9.17) is 14.2 Å². The Labute approximate surface area is 148 Å². The Morgan fingerprint density at radius 3 is 2.24 bits per heavy atom. The van der Waals surface area contributed by atoms with E-state index < -0.39 is 0 Å². The summed E-state index contributed by atoms with van der Waals surface area (Å²) in [5, 5.41) is 2.90. The van der Waals surface area contributed by atoms with E-state index in [1.165, 1.54) is 6.08 Å². The number of anilines is 1. The van der Waals surface area contributed by atoms with Crippen molar-refractivity contribution in [1.29, 1.82) is 0 Å². The first-order chi connectivity index (χ1) is 12.1. The molecule has 0 aliphatic carbocycles. The van der Waals surface area contributed by atoms with Gasteiger partial charge >= 0.3 is 0 Å². The van der Waals surface area contributed by atoms with Gasteiger partial charge in [-0.25, -0.2) is 0 Å². The molecule has 1 N–H and O–H groups in total. The predicted octanol–water partition coefficient (Wildman–Crippen LogP) is 3.93. The van der Waals surface area contributed by atoms with Crippen molar-refractivity contribution in [2.75, 3.05) is 26.6 Å². The summed E-state index contributed by atoms with van der Waals surface area (Å²) in [6, 6.07) is 11.3. The molecule has 0 saturated heterocycles. The normalized spacial score (nSPS) is 10.6. The minimum atomic E-state index is -0.199. The molecule has 5 heteroatoms. The minimum absolute atomic E-state index is 0.199. The van der Waals surface area contributed by atoms with Crippen LogP contribution in [0.4, 0.5) is 5.69 Å². The molecule has 0 spiro atoms. The smallest absolute Gasteiger partial charge is 0.248 e. The third-order valence-corrected chi connectivity index (χ3v) is 3.77. The molecular formula is C20H23NO4. The van der Waals surface area contributed by atoms with Crippen LogP contribution in [0.25, 0.3) is 6.08 Å². The molecule has 2 rings (SSSR count). The van der Waals surface area contributed by atoms with Gasteiger partial charge in [0.25, 0.3) is 0 Å². The lowest BCUT2D eigenvalue weighted by molar-refractivity contribution is -0.111. The summed E-state index contributed by atoms with van der Waals surface area (Å²) in [7, 11) is 4.66. The van der Waals surface area contributed by atoms with Crippen LogP contribution in [0, 0.1) is 0 Å². The SMILES string of the molecule is CCc1ccccc1NC(=O)/C=C/c1cc(OC)c(OC)c(OC)c1. The van der Waals surface area contributed by atoms with Crippen molar-refractivity contribution in [3.63, 3.8) is 0 Å². The molecule has 132 valence electrons. The van der Waals surface area contributed by atoms with Crippen LogP contribution in [0.1, 0.15) is 18.1 Å². The maximum Gasteiger partial charge on any atom is 0.248 e. The molecule has 0 heterocycles. The summed E-state index contributed by atoms with van der Waals surface area (Å²) in [4.78, 5) is 12.2. The lowest BCUT2D eigenvalue weighted by Gasteiger charge is -2.12. The summed E-state index contributed by atoms with van der Waals surface area (Å²) in [5.74, 6) is 1.40. The van der Waals surface area contributed by atoms with Crippen LogP contribution in [0.2, 0.25) is 0 Å². The summed E-state index contributed by atoms with van der Waals surface area (Å²) in [6.45, 7) is 2.05. The van der Waals surface area contributed by atoms with Crippen LogP contribution >= 0.6 is 0 Å². The number of aryl methyl sites for hydroxylation is 1. The highest BCUT2D eigenvalue weighted by atomic mass is 16.5. The van der Waals surface area contributed by atoms with Crippen molar-refractivity contribution < 1.29 is 19.0 Å². The van der Waals surface area contributed by atoms with E-state index in [1.807, 2.05) is 24.3 Å². The van der Waals surface area contributed by atoms with Gasteiger partial charge in [-0.1, -0.05) is 25.1 Å². The van der Waals surface area contributed by atoms with Crippen molar-refractivity contribution in [1.82, 2.24) is 0 Å². The van der Waals surface area contributed by atoms with Gasteiger partial charge in [-0.15, -0.1) is 0 Å². The molecule has 5 nitrogen and oxygen atoms in total. The molecule has 0 aliphatic heterocycles. The fourth-order valence-electron chi connectivity index (χ4n) is 2.49.